The van der Waals surface area contributed by atoms with E-state index < -0.39 is 17.7 Å². The van der Waals surface area contributed by atoms with Crippen LogP contribution in [-0.4, -0.2) is 22.4 Å². The molecule has 1 aromatic rings. The average molecular weight is 240 g/mol. The zero-order chi connectivity index (χ0) is 13.2. The van der Waals surface area contributed by atoms with Gasteiger partial charge in [-0.1, -0.05) is 38.1 Å². The van der Waals surface area contributed by atoms with Gasteiger partial charge in [-0.3, -0.25) is 0 Å². The Kier molecular flexibility index (Phi) is 3.88. The molecule has 0 aromatic heterocycles. The van der Waals surface area contributed by atoms with Crippen molar-refractivity contribution in [3.8, 4) is 0 Å². The molecule has 0 spiro atoms. The van der Waals surface area contributed by atoms with Gasteiger partial charge in [0.05, 0.1) is 0 Å². The molecule has 0 aliphatic heterocycles. The number of halogens is 1. The number of benzene rings is 1. The number of alkyl halides is 1. The quantitative estimate of drug-likeness (QED) is 0.849. The Morgan fingerprint density at radius 1 is 1.29 bits per heavy atom. The second-order valence-corrected chi connectivity index (χ2v) is 4.63. The summed E-state index contributed by atoms with van der Waals surface area (Å²) in [6.45, 7) is 5.20. The molecular weight excluding hydrogens is 223 g/mol. The molecule has 0 aliphatic carbocycles. The summed E-state index contributed by atoms with van der Waals surface area (Å²) < 4.78 is 13.4. The summed E-state index contributed by atoms with van der Waals surface area (Å²) in [6, 6.07) is 6.65. The molecule has 0 fully saturated rings. The molecule has 2 N–H and O–H groups in total. The zero-order valence-corrected chi connectivity index (χ0v) is 10.1. The fourth-order valence-corrected chi connectivity index (χ4v) is 1.59. The number of carboxylic acid groups (broad SMARTS) is 1. The van der Waals surface area contributed by atoms with Crippen LogP contribution >= 0.6 is 0 Å². The first kappa shape index (κ1) is 13.6. The van der Waals surface area contributed by atoms with Crippen molar-refractivity contribution in [1.29, 1.82) is 0 Å². The molecule has 2 unspecified atom stereocenters. The predicted molar refractivity (Wildman–Crippen MR) is 62.6 cm³/mol. The Hall–Kier alpha value is -1.42. The minimum absolute atomic E-state index is 0.261. The smallest absolute Gasteiger partial charge is 0.341 e. The molecule has 1 rings (SSSR count). The number of carbonyl (C=O) groups is 1. The third-order valence-corrected chi connectivity index (χ3v) is 2.87. The largest absolute Gasteiger partial charge is 0.479 e. The monoisotopic (exact) mass is 240 g/mol. The minimum Gasteiger partial charge on any atom is -0.479 e. The lowest BCUT2D eigenvalue weighted by molar-refractivity contribution is -0.153. The van der Waals surface area contributed by atoms with Crippen molar-refractivity contribution in [2.45, 2.75) is 38.5 Å². The van der Waals surface area contributed by atoms with E-state index in [0.717, 1.165) is 12.5 Å². The molecule has 17 heavy (non-hydrogen) atoms. The van der Waals surface area contributed by atoms with Crippen molar-refractivity contribution >= 4 is 5.97 Å². The van der Waals surface area contributed by atoms with Crippen LogP contribution in [0, 0.1) is 0 Å². The lowest BCUT2D eigenvalue weighted by Gasteiger charge is -2.25. The van der Waals surface area contributed by atoms with E-state index >= 15 is 0 Å². The molecule has 0 heterocycles. The van der Waals surface area contributed by atoms with Gasteiger partial charge in [0.25, 0.3) is 0 Å². The maximum absolute atomic E-state index is 13.4. The number of rotatable bonds is 4. The van der Waals surface area contributed by atoms with Gasteiger partial charge < -0.3 is 10.2 Å². The molecule has 0 amide bonds. The number of hydrogen-bond donors (Lipinski definition) is 2. The maximum atomic E-state index is 13.4. The SMILES string of the molecule is CC(C)c1ccc(C(C)(O)C(F)C(=O)O)cc1. The summed E-state index contributed by atoms with van der Waals surface area (Å²) in [4.78, 5) is 10.6. The molecule has 4 heteroatoms. The molecular formula is C13H17FO3. The van der Waals surface area contributed by atoms with Gasteiger partial charge in [0.2, 0.25) is 6.17 Å². The second kappa shape index (κ2) is 4.84. The van der Waals surface area contributed by atoms with E-state index in [2.05, 4.69) is 0 Å². The molecule has 0 bridgehead atoms. The van der Waals surface area contributed by atoms with E-state index in [1.165, 1.54) is 0 Å². The Bertz CT molecular complexity index is 396. The van der Waals surface area contributed by atoms with Gasteiger partial charge in [0, 0.05) is 0 Å². The first-order valence-corrected chi connectivity index (χ1v) is 5.46. The van der Waals surface area contributed by atoms with E-state index in [9.17, 15) is 14.3 Å². The summed E-state index contributed by atoms with van der Waals surface area (Å²) in [5.74, 6) is -1.34. The van der Waals surface area contributed by atoms with Crippen molar-refractivity contribution in [3.63, 3.8) is 0 Å². The van der Waals surface area contributed by atoms with Crippen LogP contribution in [0.25, 0.3) is 0 Å². The summed E-state index contributed by atoms with van der Waals surface area (Å²) in [5, 5.41) is 18.5. The third-order valence-electron chi connectivity index (χ3n) is 2.87. The normalized spacial score (nSPS) is 16.6. The van der Waals surface area contributed by atoms with Crippen LogP contribution in [0.15, 0.2) is 24.3 Å². The van der Waals surface area contributed by atoms with Crippen molar-refractivity contribution in [2.24, 2.45) is 0 Å². The Morgan fingerprint density at radius 2 is 1.76 bits per heavy atom. The Labute approximate surface area is 99.9 Å². The first-order valence-electron chi connectivity index (χ1n) is 5.46. The molecule has 0 saturated heterocycles. The fourth-order valence-electron chi connectivity index (χ4n) is 1.59. The third kappa shape index (κ3) is 2.82. The molecule has 3 nitrogen and oxygen atoms in total. The number of carboxylic acids is 1. The van der Waals surface area contributed by atoms with Gasteiger partial charge in [-0.05, 0) is 24.0 Å². The average Bonchev–Trinajstić information content (AvgIpc) is 2.27. The fraction of sp³-hybridized carbons (Fsp3) is 0.462. The van der Waals surface area contributed by atoms with Crippen LogP contribution in [0.5, 0.6) is 0 Å². The highest BCUT2D eigenvalue weighted by Crippen LogP contribution is 2.28. The maximum Gasteiger partial charge on any atom is 0.341 e. The van der Waals surface area contributed by atoms with Crippen LogP contribution in [-0.2, 0) is 10.4 Å². The van der Waals surface area contributed by atoms with Gasteiger partial charge >= 0.3 is 5.97 Å². The summed E-state index contributed by atoms with van der Waals surface area (Å²) in [6.07, 6.45) is -2.34. The number of aliphatic carboxylic acids is 1. The molecule has 2 atom stereocenters. The Balaban J connectivity index is 3.03. The summed E-state index contributed by atoms with van der Waals surface area (Å²) in [5.41, 5.74) is -0.700. The van der Waals surface area contributed by atoms with Crippen LogP contribution in [0.2, 0.25) is 0 Å². The highest BCUT2D eigenvalue weighted by molar-refractivity contribution is 5.74. The molecule has 1 aromatic carbocycles. The second-order valence-electron chi connectivity index (χ2n) is 4.63. The van der Waals surface area contributed by atoms with Crippen LogP contribution in [0.3, 0.4) is 0 Å². The number of hydrogen-bond acceptors (Lipinski definition) is 2. The molecule has 94 valence electrons. The molecule has 0 radical (unpaired) electrons. The van der Waals surface area contributed by atoms with Crippen molar-refractivity contribution in [3.05, 3.63) is 35.4 Å². The standard InChI is InChI=1S/C13H17FO3/c1-8(2)9-4-6-10(7-5-9)13(3,17)11(14)12(15)16/h4-8,11,17H,1-3H3,(H,15,16). The van der Waals surface area contributed by atoms with E-state index in [-0.39, 0.29) is 5.56 Å². The van der Waals surface area contributed by atoms with Gasteiger partial charge in [0.15, 0.2) is 0 Å². The summed E-state index contributed by atoms with van der Waals surface area (Å²) in [7, 11) is 0. The van der Waals surface area contributed by atoms with Crippen LogP contribution in [0.1, 0.15) is 37.8 Å². The zero-order valence-electron chi connectivity index (χ0n) is 10.1. The van der Waals surface area contributed by atoms with Crippen molar-refractivity contribution < 1.29 is 19.4 Å². The van der Waals surface area contributed by atoms with Gasteiger partial charge in [-0.15, -0.1) is 0 Å². The Morgan fingerprint density at radius 3 is 2.12 bits per heavy atom. The van der Waals surface area contributed by atoms with E-state index in [4.69, 9.17) is 5.11 Å². The summed E-state index contributed by atoms with van der Waals surface area (Å²) >= 11 is 0. The first-order chi connectivity index (χ1) is 7.76. The lowest BCUT2D eigenvalue weighted by atomic mass is 9.89. The minimum atomic E-state index is -2.34. The lowest BCUT2D eigenvalue weighted by Crippen LogP contribution is -2.39. The van der Waals surface area contributed by atoms with Gasteiger partial charge in [-0.2, -0.15) is 0 Å². The highest BCUT2D eigenvalue weighted by atomic mass is 19.1. The van der Waals surface area contributed by atoms with Gasteiger partial charge in [0.1, 0.15) is 5.60 Å². The van der Waals surface area contributed by atoms with E-state index in [0.29, 0.717) is 5.92 Å². The van der Waals surface area contributed by atoms with Crippen LogP contribution in [0.4, 0.5) is 4.39 Å². The predicted octanol–water partition coefficient (Wildman–Crippen LogP) is 2.44. The van der Waals surface area contributed by atoms with E-state index in [1.807, 2.05) is 13.8 Å². The topological polar surface area (TPSA) is 57.5 Å². The van der Waals surface area contributed by atoms with Gasteiger partial charge in [-0.25, -0.2) is 9.18 Å². The van der Waals surface area contributed by atoms with Crippen molar-refractivity contribution in [1.82, 2.24) is 0 Å². The van der Waals surface area contributed by atoms with Crippen molar-refractivity contribution in [2.75, 3.05) is 0 Å². The number of aliphatic hydroxyl groups is 1. The molecule has 0 saturated carbocycles. The highest BCUT2D eigenvalue weighted by Gasteiger charge is 2.39. The van der Waals surface area contributed by atoms with Crippen LogP contribution < -0.4 is 0 Å². The molecule has 0 aliphatic rings. The van der Waals surface area contributed by atoms with E-state index in [1.54, 1.807) is 24.3 Å².